The summed E-state index contributed by atoms with van der Waals surface area (Å²) in [7, 11) is 0. The van der Waals surface area contributed by atoms with Gasteiger partial charge in [-0.05, 0) is 25.7 Å². The van der Waals surface area contributed by atoms with E-state index in [1.807, 2.05) is 20.8 Å². The highest BCUT2D eigenvalue weighted by Crippen LogP contribution is 2.40. The molecule has 0 aromatic carbocycles. The minimum atomic E-state index is -0.555. The average molecular weight is 253 g/mol. The predicted octanol–water partition coefficient (Wildman–Crippen LogP) is 1.57. The standard InChI is InChI=1S/C14H23NO3/c1-9(2)14(3)7-12(17)15(13(14)18)8-10-5-4-6-11(10)16/h9-11,16H,4-8H2,1-3H3. The molecule has 0 aromatic rings. The van der Waals surface area contributed by atoms with E-state index in [0.29, 0.717) is 13.0 Å². The molecular formula is C14H23NO3. The summed E-state index contributed by atoms with van der Waals surface area (Å²) >= 11 is 0. The zero-order valence-electron chi connectivity index (χ0n) is 11.5. The Labute approximate surface area is 108 Å². The van der Waals surface area contributed by atoms with Gasteiger partial charge in [0.25, 0.3) is 0 Å². The molecule has 3 unspecified atom stereocenters. The van der Waals surface area contributed by atoms with Crippen LogP contribution in [-0.4, -0.2) is 34.5 Å². The van der Waals surface area contributed by atoms with Gasteiger partial charge in [0.15, 0.2) is 0 Å². The molecule has 2 aliphatic rings. The van der Waals surface area contributed by atoms with Crippen LogP contribution in [0.4, 0.5) is 0 Å². The quantitative estimate of drug-likeness (QED) is 0.777. The first-order valence-electron chi connectivity index (χ1n) is 6.89. The maximum atomic E-state index is 12.4. The van der Waals surface area contributed by atoms with Gasteiger partial charge in [-0.1, -0.05) is 20.3 Å². The van der Waals surface area contributed by atoms with Crippen molar-refractivity contribution >= 4 is 11.8 Å². The van der Waals surface area contributed by atoms with Gasteiger partial charge in [0, 0.05) is 18.9 Å². The summed E-state index contributed by atoms with van der Waals surface area (Å²) in [6.07, 6.45) is 2.66. The molecule has 2 rings (SSSR count). The van der Waals surface area contributed by atoms with Crippen molar-refractivity contribution in [3.8, 4) is 0 Å². The van der Waals surface area contributed by atoms with Crippen LogP contribution in [0.5, 0.6) is 0 Å². The van der Waals surface area contributed by atoms with E-state index in [0.717, 1.165) is 19.3 Å². The Morgan fingerprint density at radius 1 is 1.39 bits per heavy atom. The number of carbonyl (C=O) groups is 2. The fourth-order valence-corrected chi connectivity index (χ4v) is 3.01. The van der Waals surface area contributed by atoms with Gasteiger partial charge in [0.05, 0.1) is 11.5 Å². The molecule has 1 aliphatic carbocycles. The molecule has 1 N–H and O–H groups in total. The Hall–Kier alpha value is -0.900. The molecule has 1 saturated heterocycles. The van der Waals surface area contributed by atoms with Crippen LogP contribution < -0.4 is 0 Å². The molecule has 4 heteroatoms. The first-order valence-corrected chi connectivity index (χ1v) is 6.89. The van der Waals surface area contributed by atoms with Crippen molar-refractivity contribution in [2.24, 2.45) is 17.3 Å². The molecule has 0 spiro atoms. The number of aliphatic hydroxyl groups excluding tert-OH is 1. The number of likely N-dealkylation sites (tertiary alicyclic amines) is 1. The van der Waals surface area contributed by atoms with Crippen molar-refractivity contribution in [2.45, 2.75) is 52.6 Å². The molecule has 1 aliphatic heterocycles. The lowest BCUT2D eigenvalue weighted by Gasteiger charge is -2.27. The molecule has 4 nitrogen and oxygen atoms in total. The normalized spacial score (nSPS) is 37.1. The molecular weight excluding hydrogens is 230 g/mol. The van der Waals surface area contributed by atoms with Crippen molar-refractivity contribution < 1.29 is 14.7 Å². The van der Waals surface area contributed by atoms with Crippen LogP contribution >= 0.6 is 0 Å². The SMILES string of the molecule is CC(C)C1(C)CC(=O)N(CC2CCCC2O)C1=O. The second kappa shape index (κ2) is 4.65. The maximum Gasteiger partial charge on any atom is 0.235 e. The minimum absolute atomic E-state index is 0.0541. The Balaban J connectivity index is 2.10. The van der Waals surface area contributed by atoms with Gasteiger partial charge in [-0.3, -0.25) is 14.5 Å². The highest BCUT2D eigenvalue weighted by molar-refractivity contribution is 6.05. The molecule has 0 bridgehead atoms. The highest BCUT2D eigenvalue weighted by Gasteiger charge is 2.50. The van der Waals surface area contributed by atoms with E-state index in [9.17, 15) is 14.7 Å². The maximum absolute atomic E-state index is 12.4. The lowest BCUT2D eigenvalue weighted by molar-refractivity contribution is -0.143. The first-order chi connectivity index (χ1) is 8.36. The van der Waals surface area contributed by atoms with Crippen molar-refractivity contribution in [3.63, 3.8) is 0 Å². The van der Waals surface area contributed by atoms with E-state index < -0.39 is 5.41 Å². The Morgan fingerprint density at radius 3 is 2.50 bits per heavy atom. The minimum Gasteiger partial charge on any atom is -0.393 e. The van der Waals surface area contributed by atoms with E-state index >= 15 is 0 Å². The van der Waals surface area contributed by atoms with E-state index in [4.69, 9.17) is 0 Å². The van der Waals surface area contributed by atoms with Gasteiger partial charge in [0.1, 0.15) is 0 Å². The molecule has 2 amide bonds. The van der Waals surface area contributed by atoms with Gasteiger partial charge in [-0.15, -0.1) is 0 Å². The lowest BCUT2D eigenvalue weighted by atomic mass is 9.78. The van der Waals surface area contributed by atoms with Crippen molar-refractivity contribution in [2.75, 3.05) is 6.54 Å². The van der Waals surface area contributed by atoms with E-state index in [-0.39, 0.29) is 29.8 Å². The zero-order valence-corrected chi connectivity index (χ0v) is 11.5. The molecule has 2 fully saturated rings. The molecule has 18 heavy (non-hydrogen) atoms. The Morgan fingerprint density at radius 2 is 2.06 bits per heavy atom. The summed E-state index contributed by atoms with van der Waals surface area (Å²) in [5, 5.41) is 9.81. The number of rotatable bonds is 3. The third-order valence-corrected chi connectivity index (χ3v) is 4.86. The fraction of sp³-hybridized carbons (Fsp3) is 0.857. The van der Waals surface area contributed by atoms with Crippen LogP contribution in [0, 0.1) is 17.3 Å². The first kappa shape index (κ1) is 13.5. The van der Waals surface area contributed by atoms with Crippen LogP contribution in [0.1, 0.15) is 46.5 Å². The van der Waals surface area contributed by atoms with Crippen LogP contribution in [0.15, 0.2) is 0 Å². The van der Waals surface area contributed by atoms with Crippen molar-refractivity contribution in [3.05, 3.63) is 0 Å². The third-order valence-electron chi connectivity index (χ3n) is 4.86. The molecule has 1 heterocycles. The van der Waals surface area contributed by atoms with Crippen LogP contribution in [0.25, 0.3) is 0 Å². The summed E-state index contributed by atoms with van der Waals surface area (Å²) in [4.78, 5) is 25.8. The smallest absolute Gasteiger partial charge is 0.235 e. The van der Waals surface area contributed by atoms with Crippen LogP contribution in [0.2, 0.25) is 0 Å². The summed E-state index contributed by atoms with van der Waals surface area (Å²) in [5.41, 5.74) is -0.555. The number of carbonyl (C=O) groups excluding carboxylic acids is 2. The summed E-state index contributed by atoms with van der Waals surface area (Å²) in [5.74, 6) is 0.108. The van der Waals surface area contributed by atoms with Crippen molar-refractivity contribution in [1.29, 1.82) is 0 Å². The van der Waals surface area contributed by atoms with Crippen LogP contribution in [-0.2, 0) is 9.59 Å². The predicted molar refractivity (Wildman–Crippen MR) is 67.6 cm³/mol. The van der Waals surface area contributed by atoms with Crippen LogP contribution in [0.3, 0.4) is 0 Å². The fourth-order valence-electron chi connectivity index (χ4n) is 3.01. The Kier molecular flexibility index (Phi) is 3.49. The average Bonchev–Trinajstić information content (AvgIpc) is 2.78. The van der Waals surface area contributed by atoms with Crippen molar-refractivity contribution in [1.82, 2.24) is 4.90 Å². The summed E-state index contributed by atoms with van der Waals surface area (Å²) in [6, 6.07) is 0. The molecule has 0 aromatic heterocycles. The van der Waals surface area contributed by atoms with Gasteiger partial charge >= 0.3 is 0 Å². The van der Waals surface area contributed by atoms with Gasteiger partial charge in [-0.2, -0.15) is 0 Å². The second-order valence-corrected chi connectivity index (χ2v) is 6.32. The number of imide groups is 1. The van der Waals surface area contributed by atoms with E-state index in [1.165, 1.54) is 4.90 Å². The Bertz CT molecular complexity index is 366. The second-order valence-electron chi connectivity index (χ2n) is 6.32. The molecule has 0 radical (unpaired) electrons. The monoisotopic (exact) mass is 253 g/mol. The number of amides is 2. The van der Waals surface area contributed by atoms with E-state index in [2.05, 4.69) is 0 Å². The summed E-state index contributed by atoms with van der Waals surface area (Å²) < 4.78 is 0. The molecule has 3 atom stereocenters. The van der Waals surface area contributed by atoms with Gasteiger partial charge < -0.3 is 5.11 Å². The largest absolute Gasteiger partial charge is 0.393 e. The number of aliphatic hydroxyl groups is 1. The van der Waals surface area contributed by atoms with Gasteiger partial charge in [-0.25, -0.2) is 0 Å². The molecule has 102 valence electrons. The third kappa shape index (κ3) is 2.07. The summed E-state index contributed by atoms with van der Waals surface area (Å²) in [6.45, 7) is 6.25. The highest BCUT2D eigenvalue weighted by atomic mass is 16.3. The number of nitrogens with zero attached hydrogens (tertiary/aromatic N) is 1. The lowest BCUT2D eigenvalue weighted by Crippen LogP contribution is -2.40. The van der Waals surface area contributed by atoms with E-state index in [1.54, 1.807) is 0 Å². The van der Waals surface area contributed by atoms with Gasteiger partial charge in [0.2, 0.25) is 11.8 Å². The molecule has 1 saturated carbocycles. The number of hydrogen-bond acceptors (Lipinski definition) is 3. The zero-order chi connectivity index (χ0) is 13.5. The topological polar surface area (TPSA) is 57.6 Å². The number of hydrogen-bond donors (Lipinski definition) is 1.